The number of hydrogen-bond donors (Lipinski definition) is 0. The van der Waals surface area contributed by atoms with Crippen molar-refractivity contribution in [2.75, 3.05) is 0 Å². The van der Waals surface area contributed by atoms with E-state index >= 15 is 0 Å². The van der Waals surface area contributed by atoms with Crippen molar-refractivity contribution < 1.29 is 0 Å². The van der Waals surface area contributed by atoms with Gasteiger partial charge in [0.1, 0.15) is 5.52 Å². The Morgan fingerprint density at radius 1 is 1.11 bits per heavy atom. The molecule has 5 nitrogen and oxygen atoms in total. The predicted molar refractivity (Wildman–Crippen MR) is 110 cm³/mol. The zero-order chi connectivity index (χ0) is 19.3. The van der Waals surface area contributed by atoms with Gasteiger partial charge in [-0.1, -0.05) is 48.0 Å². The van der Waals surface area contributed by atoms with Gasteiger partial charge in [0.2, 0.25) is 0 Å². The third-order valence-electron chi connectivity index (χ3n) is 5.30. The molecule has 0 spiro atoms. The molecule has 1 aliphatic carbocycles. The molecule has 0 radical (unpaired) electrons. The van der Waals surface area contributed by atoms with Gasteiger partial charge in [0.25, 0.3) is 5.56 Å². The second-order valence-electron chi connectivity index (χ2n) is 7.32. The topological polar surface area (TPSA) is 52.7 Å². The summed E-state index contributed by atoms with van der Waals surface area (Å²) in [5, 5.41) is 10.8. The quantitative estimate of drug-likeness (QED) is 0.516. The number of fused-ring (bicyclic) bond motifs is 1. The number of hydrogen-bond acceptors (Lipinski definition) is 3. The molecule has 2 aromatic heterocycles. The van der Waals surface area contributed by atoms with Crippen LogP contribution in [0.5, 0.6) is 0 Å². The minimum absolute atomic E-state index is 0.153. The molecule has 0 amide bonds. The summed E-state index contributed by atoms with van der Waals surface area (Å²) in [5.41, 5.74) is 4.24. The van der Waals surface area contributed by atoms with Crippen molar-refractivity contribution in [3.05, 3.63) is 86.9 Å². The monoisotopic (exact) mass is 390 g/mol. The van der Waals surface area contributed by atoms with Crippen LogP contribution >= 0.6 is 11.6 Å². The van der Waals surface area contributed by atoms with E-state index in [0.29, 0.717) is 23.0 Å². The Morgan fingerprint density at radius 2 is 1.86 bits per heavy atom. The predicted octanol–water partition coefficient (Wildman–Crippen LogP) is 4.47. The number of halogens is 1. The summed E-state index contributed by atoms with van der Waals surface area (Å²) in [4.78, 5) is 13.4. The first-order valence-electron chi connectivity index (χ1n) is 9.41. The molecule has 1 saturated carbocycles. The van der Waals surface area contributed by atoms with Gasteiger partial charge < -0.3 is 0 Å². The van der Waals surface area contributed by atoms with Gasteiger partial charge in [-0.3, -0.25) is 4.79 Å². The molecule has 140 valence electrons. The van der Waals surface area contributed by atoms with E-state index in [0.717, 1.165) is 40.7 Å². The molecular formula is C22H19ClN4O. The first-order valence-corrected chi connectivity index (χ1v) is 9.79. The van der Waals surface area contributed by atoms with Crippen LogP contribution in [-0.4, -0.2) is 19.6 Å². The molecule has 0 bridgehead atoms. The maximum atomic E-state index is 13.4. The van der Waals surface area contributed by atoms with E-state index in [1.807, 2.05) is 55.5 Å². The smallest absolute Gasteiger partial charge is 0.265 e. The van der Waals surface area contributed by atoms with Gasteiger partial charge >= 0.3 is 0 Å². The Morgan fingerprint density at radius 3 is 2.61 bits per heavy atom. The lowest BCUT2D eigenvalue weighted by Gasteiger charge is -2.12. The Labute approximate surface area is 167 Å². The highest BCUT2D eigenvalue weighted by atomic mass is 35.5. The Bertz CT molecular complexity index is 1250. The molecule has 6 heteroatoms. The normalized spacial score (nSPS) is 13.9. The average Bonchev–Trinajstić information content (AvgIpc) is 3.44. The van der Waals surface area contributed by atoms with E-state index in [9.17, 15) is 4.79 Å². The minimum Gasteiger partial charge on any atom is -0.265 e. The van der Waals surface area contributed by atoms with Gasteiger partial charge in [0.15, 0.2) is 0 Å². The van der Waals surface area contributed by atoms with E-state index in [-0.39, 0.29) is 5.56 Å². The second-order valence-corrected chi connectivity index (χ2v) is 7.73. The zero-order valence-electron chi connectivity index (χ0n) is 15.5. The number of benzene rings is 2. The van der Waals surface area contributed by atoms with Crippen molar-refractivity contribution in [3.8, 4) is 5.69 Å². The third-order valence-corrected chi connectivity index (χ3v) is 5.67. The SMILES string of the molecule is Cc1ccccc1-n1ncc2c(C3CC3)nn(Cc3ccccc3Cl)c(=O)c21. The van der Waals surface area contributed by atoms with Crippen molar-refractivity contribution in [2.24, 2.45) is 0 Å². The largest absolute Gasteiger partial charge is 0.293 e. The van der Waals surface area contributed by atoms with Gasteiger partial charge in [-0.2, -0.15) is 10.2 Å². The third kappa shape index (κ3) is 2.83. The van der Waals surface area contributed by atoms with Crippen molar-refractivity contribution in [1.82, 2.24) is 19.6 Å². The molecule has 0 atom stereocenters. The Balaban J connectivity index is 1.75. The zero-order valence-corrected chi connectivity index (χ0v) is 16.2. The van der Waals surface area contributed by atoms with Crippen LogP contribution in [0.4, 0.5) is 0 Å². The number of rotatable bonds is 4. The van der Waals surface area contributed by atoms with E-state index in [2.05, 4.69) is 5.10 Å². The summed E-state index contributed by atoms with van der Waals surface area (Å²) >= 11 is 6.33. The van der Waals surface area contributed by atoms with Crippen molar-refractivity contribution in [2.45, 2.75) is 32.2 Å². The van der Waals surface area contributed by atoms with Crippen molar-refractivity contribution in [1.29, 1.82) is 0 Å². The molecule has 4 aromatic rings. The van der Waals surface area contributed by atoms with Crippen LogP contribution in [0.15, 0.2) is 59.5 Å². The lowest BCUT2D eigenvalue weighted by Crippen LogP contribution is -2.26. The lowest BCUT2D eigenvalue weighted by molar-refractivity contribution is 0.626. The molecule has 28 heavy (non-hydrogen) atoms. The molecule has 2 heterocycles. The van der Waals surface area contributed by atoms with Gasteiger partial charge in [0, 0.05) is 16.3 Å². The maximum absolute atomic E-state index is 13.4. The van der Waals surface area contributed by atoms with Crippen LogP contribution in [0, 0.1) is 6.92 Å². The fraction of sp³-hybridized carbons (Fsp3) is 0.227. The maximum Gasteiger partial charge on any atom is 0.293 e. The molecule has 2 aromatic carbocycles. The van der Waals surface area contributed by atoms with E-state index in [1.165, 1.54) is 4.68 Å². The molecule has 0 saturated heterocycles. The first kappa shape index (κ1) is 17.2. The summed E-state index contributed by atoms with van der Waals surface area (Å²) in [5.74, 6) is 0.398. The Hall–Kier alpha value is -2.92. The van der Waals surface area contributed by atoms with E-state index in [1.54, 1.807) is 10.9 Å². The molecule has 0 N–H and O–H groups in total. The van der Waals surface area contributed by atoms with Gasteiger partial charge in [-0.15, -0.1) is 0 Å². The van der Waals surface area contributed by atoms with E-state index in [4.69, 9.17) is 16.7 Å². The fourth-order valence-electron chi connectivity index (χ4n) is 3.63. The summed E-state index contributed by atoms with van der Waals surface area (Å²) in [7, 11) is 0. The molecule has 1 fully saturated rings. The molecule has 1 aliphatic rings. The van der Waals surface area contributed by atoms with Gasteiger partial charge in [0.05, 0.1) is 24.1 Å². The van der Waals surface area contributed by atoms with Crippen LogP contribution in [-0.2, 0) is 6.54 Å². The molecule has 0 unspecified atom stereocenters. The van der Waals surface area contributed by atoms with Gasteiger partial charge in [-0.05, 0) is 43.0 Å². The highest BCUT2D eigenvalue weighted by Crippen LogP contribution is 2.41. The number of nitrogens with zero attached hydrogens (tertiary/aromatic N) is 4. The summed E-state index contributed by atoms with van der Waals surface area (Å²) in [6, 6.07) is 15.5. The molecule has 0 aliphatic heterocycles. The fourth-order valence-corrected chi connectivity index (χ4v) is 3.83. The summed E-state index contributed by atoms with van der Waals surface area (Å²) in [6.07, 6.45) is 3.98. The number of para-hydroxylation sites is 1. The second kappa shape index (κ2) is 6.60. The molecular weight excluding hydrogens is 372 g/mol. The van der Waals surface area contributed by atoms with Crippen LogP contribution in [0.1, 0.15) is 35.6 Å². The molecule has 5 rings (SSSR count). The van der Waals surface area contributed by atoms with E-state index < -0.39 is 0 Å². The minimum atomic E-state index is -0.153. The van der Waals surface area contributed by atoms with Crippen LogP contribution in [0.25, 0.3) is 16.6 Å². The highest BCUT2D eigenvalue weighted by molar-refractivity contribution is 6.31. The van der Waals surface area contributed by atoms with Crippen molar-refractivity contribution >= 4 is 22.5 Å². The van der Waals surface area contributed by atoms with Crippen molar-refractivity contribution in [3.63, 3.8) is 0 Å². The summed E-state index contributed by atoms with van der Waals surface area (Å²) in [6.45, 7) is 2.36. The van der Waals surface area contributed by atoms with Crippen LogP contribution in [0.3, 0.4) is 0 Å². The highest BCUT2D eigenvalue weighted by Gasteiger charge is 2.30. The number of aromatic nitrogens is 4. The lowest BCUT2D eigenvalue weighted by atomic mass is 10.1. The standard InChI is InChI=1S/C22H19ClN4O/c1-14-6-2-5-9-19(14)27-21-17(12-24-27)20(15-10-11-15)25-26(22(21)28)13-16-7-3-4-8-18(16)23/h2-9,12,15H,10-11,13H2,1H3. The average molecular weight is 391 g/mol. The Kier molecular flexibility index (Phi) is 4.05. The van der Waals surface area contributed by atoms with Crippen LogP contribution < -0.4 is 5.56 Å². The first-order chi connectivity index (χ1) is 13.6. The van der Waals surface area contributed by atoms with Gasteiger partial charge in [-0.25, -0.2) is 9.36 Å². The van der Waals surface area contributed by atoms with Crippen LogP contribution in [0.2, 0.25) is 5.02 Å². The summed E-state index contributed by atoms with van der Waals surface area (Å²) < 4.78 is 3.29. The number of aryl methyl sites for hydroxylation is 1.